The van der Waals surface area contributed by atoms with Crippen molar-refractivity contribution in [3.63, 3.8) is 0 Å². The number of nitrogens with zero attached hydrogens (tertiary/aromatic N) is 3. The molecule has 3 aromatic rings. The van der Waals surface area contributed by atoms with Gasteiger partial charge >= 0.3 is 0 Å². The number of pyridine rings is 1. The van der Waals surface area contributed by atoms with Crippen LogP contribution < -0.4 is 0 Å². The summed E-state index contributed by atoms with van der Waals surface area (Å²) in [5.74, 6) is 0.107. The number of hydrogen-bond acceptors (Lipinski definition) is 4. The number of hydrogen-bond donors (Lipinski definition) is 2. The molecule has 1 fully saturated rings. The Hall–Kier alpha value is -2.47. The van der Waals surface area contributed by atoms with Crippen molar-refractivity contribution in [2.45, 2.75) is 37.9 Å². The van der Waals surface area contributed by atoms with Gasteiger partial charge in [0.15, 0.2) is 0 Å². The zero-order chi connectivity index (χ0) is 16.0. The van der Waals surface area contributed by atoms with E-state index in [1.54, 1.807) is 10.7 Å². The van der Waals surface area contributed by atoms with Crippen molar-refractivity contribution in [1.82, 2.24) is 14.2 Å². The van der Waals surface area contributed by atoms with Crippen LogP contribution in [0.25, 0.3) is 11.2 Å². The Morgan fingerprint density at radius 1 is 1.09 bits per heavy atom. The molecule has 0 saturated carbocycles. The quantitative estimate of drug-likeness (QED) is 0.725. The Morgan fingerprint density at radius 3 is 2.39 bits per heavy atom. The van der Waals surface area contributed by atoms with Crippen LogP contribution in [0.4, 0.5) is 0 Å². The van der Waals surface area contributed by atoms with Crippen molar-refractivity contribution in [3.8, 4) is 17.4 Å². The van der Waals surface area contributed by atoms with Gasteiger partial charge in [-0.25, -0.2) is 9.08 Å². The highest BCUT2D eigenvalue weighted by molar-refractivity contribution is 5.69. The molecule has 118 valence electrons. The largest absolute Gasteiger partial charge is 0.494 e. The predicted octanol–water partition coefficient (Wildman–Crippen LogP) is 2.79. The Balaban J connectivity index is 1.87. The van der Waals surface area contributed by atoms with Gasteiger partial charge in [0, 0.05) is 6.20 Å². The molecular formula is C17H17N3O3. The van der Waals surface area contributed by atoms with Crippen LogP contribution in [-0.2, 0) is 15.9 Å². The lowest BCUT2D eigenvalue weighted by Gasteiger charge is -2.21. The molecule has 1 saturated heterocycles. The molecule has 6 nitrogen and oxygen atoms in total. The van der Waals surface area contributed by atoms with Crippen LogP contribution in [0, 0.1) is 0 Å². The monoisotopic (exact) mass is 311 g/mol. The first-order valence-corrected chi connectivity index (χ1v) is 7.75. The number of ether oxygens (including phenoxy) is 1. The maximum atomic E-state index is 10.9. The lowest BCUT2D eigenvalue weighted by atomic mass is 9.80. The van der Waals surface area contributed by atoms with Crippen LogP contribution >= 0.6 is 0 Å². The Kier molecular flexibility index (Phi) is 2.10. The van der Waals surface area contributed by atoms with E-state index < -0.39 is 11.2 Å². The lowest BCUT2D eigenvalue weighted by molar-refractivity contribution is -0.0683. The van der Waals surface area contributed by atoms with Crippen LogP contribution in [0.5, 0.6) is 11.8 Å². The molecule has 2 aliphatic rings. The summed E-state index contributed by atoms with van der Waals surface area (Å²) in [5, 5.41) is 26.0. The highest BCUT2D eigenvalue weighted by Crippen LogP contribution is 2.64. The molecule has 0 amide bonds. The van der Waals surface area contributed by atoms with Crippen molar-refractivity contribution in [3.05, 3.63) is 41.7 Å². The molecule has 2 bridgehead atoms. The first-order chi connectivity index (χ1) is 10.9. The van der Waals surface area contributed by atoms with Gasteiger partial charge in [0.25, 0.3) is 0 Å². The zero-order valence-corrected chi connectivity index (χ0v) is 12.9. The van der Waals surface area contributed by atoms with E-state index in [0.717, 1.165) is 18.4 Å². The van der Waals surface area contributed by atoms with Crippen LogP contribution in [0.2, 0.25) is 0 Å². The second kappa shape index (κ2) is 3.71. The third kappa shape index (κ3) is 1.36. The van der Waals surface area contributed by atoms with Gasteiger partial charge < -0.3 is 14.9 Å². The molecule has 0 spiro atoms. The van der Waals surface area contributed by atoms with E-state index in [9.17, 15) is 10.2 Å². The summed E-state index contributed by atoms with van der Waals surface area (Å²) < 4.78 is 9.35. The number of aromatic nitrogens is 3. The summed E-state index contributed by atoms with van der Waals surface area (Å²) in [5.41, 5.74) is 1.86. The van der Waals surface area contributed by atoms with E-state index in [4.69, 9.17) is 4.74 Å². The van der Waals surface area contributed by atoms with E-state index in [2.05, 4.69) is 5.10 Å². The average Bonchev–Trinajstić information content (AvgIpc) is 3.20. The van der Waals surface area contributed by atoms with Gasteiger partial charge in [-0.15, -0.1) is 0 Å². The van der Waals surface area contributed by atoms with Crippen molar-refractivity contribution in [1.29, 1.82) is 0 Å². The zero-order valence-electron chi connectivity index (χ0n) is 12.9. The first-order valence-electron chi connectivity index (χ1n) is 7.75. The summed E-state index contributed by atoms with van der Waals surface area (Å²) in [6.07, 6.45) is 5.20. The SMILES string of the molecule is C[C@]12CC[C@](C)(O1)c1c2c(O)n(-c2cccn3nccc23)c1O. The molecule has 0 aromatic carbocycles. The Labute approximate surface area is 132 Å². The second-order valence-electron chi connectivity index (χ2n) is 6.85. The van der Waals surface area contributed by atoms with Gasteiger partial charge in [0.05, 0.1) is 39.7 Å². The van der Waals surface area contributed by atoms with Gasteiger partial charge in [0.1, 0.15) is 0 Å². The minimum Gasteiger partial charge on any atom is -0.494 e. The number of rotatable bonds is 1. The Morgan fingerprint density at radius 2 is 1.74 bits per heavy atom. The summed E-state index contributed by atoms with van der Waals surface area (Å²) in [7, 11) is 0. The fourth-order valence-corrected chi connectivity index (χ4v) is 4.33. The van der Waals surface area contributed by atoms with Gasteiger partial charge in [-0.2, -0.15) is 5.10 Å². The van der Waals surface area contributed by atoms with Crippen LogP contribution in [0.3, 0.4) is 0 Å². The fourth-order valence-electron chi connectivity index (χ4n) is 4.33. The third-order valence-electron chi connectivity index (χ3n) is 5.36. The lowest BCUT2D eigenvalue weighted by Crippen LogP contribution is -2.17. The molecule has 2 aliphatic heterocycles. The topological polar surface area (TPSA) is 71.9 Å². The molecule has 0 unspecified atom stereocenters. The van der Waals surface area contributed by atoms with E-state index in [1.165, 1.54) is 4.57 Å². The Bertz CT molecular complexity index is 934. The standard InChI is InChI=1S/C17H17N3O3/c1-16-6-7-17(2,23-16)13-12(16)14(21)20(15(13)22)11-4-3-9-19-10(11)5-8-18-19/h3-5,8-9,21-22H,6-7H2,1-2H3/t16-,17+. The van der Waals surface area contributed by atoms with Gasteiger partial charge in [0.2, 0.25) is 11.8 Å². The molecule has 6 heteroatoms. The summed E-state index contributed by atoms with van der Waals surface area (Å²) in [4.78, 5) is 0. The minimum atomic E-state index is -0.539. The molecule has 0 aliphatic carbocycles. The van der Waals surface area contributed by atoms with E-state index in [1.807, 2.05) is 38.2 Å². The average molecular weight is 311 g/mol. The van der Waals surface area contributed by atoms with Crippen LogP contribution in [0.1, 0.15) is 37.8 Å². The van der Waals surface area contributed by atoms with E-state index >= 15 is 0 Å². The molecule has 0 radical (unpaired) electrons. The summed E-state index contributed by atoms with van der Waals surface area (Å²) in [6, 6.07) is 5.56. The summed E-state index contributed by atoms with van der Waals surface area (Å²) in [6.45, 7) is 3.96. The maximum absolute atomic E-state index is 10.9. The molecule has 3 aromatic heterocycles. The molecule has 2 atom stereocenters. The number of aromatic hydroxyl groups is 2. The first kappa shape index (κ1) is 13.0. The smallest absolute Gasteiger partial charge is 0.205 e. The normalized spacial score (nSPS) is 28.6. The third-order valence-corrected chi connectivity index (χ3v) is 5.36. The van der Waals surface area contributed by atoms with Crippen molar-refractivity contribution < 1.29 is 14.9 Å². The van der Waals surface area contributed by atoms with Crippen LogP contribution in [-0.4, -0.2) is 24.4 Å². The molecule has 5 rings (SSSR count). The van der Waals surface area contributed by atoms with E-state index in [-0.39, 0.29) is 11.8 Å². The summed E-state index contributed by atoms with van der Waals surface area (Å²) >= 11 is 0. The van der Waals surface area contributed by atoms with Crippen molar-refractivity contribution in [2.24, 2.45) is 0 Å². The van der Waals surface area contributed by atoms with Gasteiger partial charge in [-0.3, -0.25) is 0 Å². The van der Waals surface area contributed by atoms with Crippen LogP contribution in [0.15, 0.2) is 30.6 Å². The highest BCUT2D eigenvalue weighted by Gasteiger charge is 2.59. The van der Waals surface area contributed by atoms with Gasteiger partial charge in [-0.05, 0) is 44.9 Å². The highest BCUT2D eigenvalue weighted by atomic mass is 16.5. The molecule has 5 heterocycles. The second-order valence-corrected chi connectivity index (χ2v) is 6.85. The maximum Gasteiger partial charge on any atom is 0.205 e. The van der Waals surface area contributed by atoms with Gasteiger partial charge in [-0.1, -0.05) is 0 Å². The fraction of sp³-hybridized carbons (Fsp3) is 0.353. The molecule has 2 N–H and O–H groups in total. The van der Waals surface area contributed by atoms with E-state index in [0.29, 0.717) is 16.8 Å². The predicted molar refractivity (Wildman–Crippen MR) is 82.9 cm³/mol. The van der Waals surface area contributed by atoms with Crippen molar-refractivity contribution in [2.75, 3.05) is 0 Å². The number of fused-ring (bicyclic) bond motifs is 6. The van der Waals surface area contributed by atoms with Crippen molar-refractivity contribution >= 4 is 5.52 Å². The molecule has 23 heavy (non-hydrogen) atoms. The molecular weight excluding hydrogens is 294 g/mol. The minimum absolute atomic E-state index is 0.0534.